The summed E-state index contributed by atoms with van der Waals surface area (Å²) in [7, 11) is 3.22. The third kappa shape index (κ3) is 3.01. The molecule has 0 fully saturated rings. The van der Waals surface area contributed by atoms with E-state index in [0.29, 0.717) is 40.9 Å². The zero-order chi connectivity index (χ0) is 19.0. The van der Waals surface area contributed by atoms with Gasteiger partial charge in [0.25, 0.3) is 0 Å². The lowest BCUT2D eigenvalue weighted by molar-refractivity contribution is 0.0279. The van der Waals surface area contributed by atoms with Crippen LogP contribution >= 0.6 is 0 Å². The minimum atomic E-state index is -0.329. The third-order valence-electron chi connectivity index (χ3n) is 4.67. The second kappa shape index (κ2) is 6.95. The van der Waals surface area contributed by atoms with E-state index < -0.39 is 0 Å². The van der Waals surface area contributed by atoms with E-state index in [4.69, 9.17) is 28.4 Å². The number of benzene rings is 2. The molecular formula is C21H22O6. The molecule has 0 radical (unpaired) electrons. The molecule has 27 heavy (non-hydrogen) atoms. The smallest absolute Gasteiger partial charge is 0.231 e. The molecule has 2 aliphatic heterocycles. The molecule has 2 atom stereocenters. The molecule has 0 bridgehead atoms. The van der Waals surface area contributed by atoms with Gasteiger partial charge in [-0.15, -0.1) is 6.58 Å². The van der Waals surface area contributed by atoms with Gasteiger partial charge in [0.1, 0.15) is 6.10 Å². The number of ether oxygens (including phenoxy) is 6. The molecule has 2 aromatic rings. The van der Waals surface area contributed by atoms with E-state index in [1.807, 2.05) is 37.3 Å². The molecule has 0 unspecified atom stereocenters. The standard InChI is InChI=1S/C21H22O6/c1-5-6-13-7-15(22-3)21-18(8-13)27-19(12(2)26-21)14-9-16(23-4)20-17(10-14)24-11-25-20/h5,7-10,12,19H,1,6,11H2,2-4H3/t12-,19+/m0/s1. The maximum absolute atomic E-state index is 6.33. The fourth-order valence-electron chi connectivity index (χ4n) is 3.40. The Morgan fingerprint density at radius 1 is 1.00 bits per heavy atom. The lowest BCUT2D eigenvalue weighted by atomic mass is 10.0. The van der Waals surface area contributed by atoms with Crippen molar-refractivity contribution in [3.05, 3.63) is 48.0 Å². The van der Waals surface area contributed by atoms with Crippen LogP contribution in [0.3, 0.4) is 0 Å². The van der Waals surface area contributed by atoms with Gasteiger partial charge in [0.2, 0.25) is 18.3 Å². The predicted molar refractivity (Wildman–Crippen MR) is 99.5 cm³/mol. The molecule has 142 valence electrons. The van der Waals surface area contributed by atoms with Crippen molar-refractivity contribution in [2.75, 3.05) is 21.0 Å². The third-order valence-corrected chi connectivity index (χ3v) is 4.67. The highest BCUT2D eigenvalue weighted by atomic mass is 16.7. The van der Waals surface area contributed by atoms with Crippen LogP contribution in [0.25, 0.3) is 0 Å². The Hall–Kier alpha value is -3.02. The number of hydrogen-bond acceptors (Lipinski definition) is 6. The maximum Gasteiger partial charge on any atom is 0.231 e. The van der Waals surface area contributed by atoms with Gasteiger partial charge in [-0.05, 0) is 43.2 Å². The van der Waals surface area contributed by atoms with E-state index in [1.165, 1.54) is 0 Å². The first-order valence-corrected chi connectivity index (χ1v) is 8.77. The number of methoxy groups -OCH3 is 2. The normalized spacial score (nSPS) is 19.5. The van der Waals surface area contributed by atoms with Crippen LogP contribution in [0.15, 0.2) is 36.9 Å². The minimum Gasteiger partial charge on any atom is -0.493 e. The van der Waals surface area contributed by atoms with Crippen molar-refractivity contribution >= 4 is 0 Å². The molecule has 2 aliphatic rings. The Morgan fingerprint density at radius 2 is 1.78 bits per heavy atom. The Morgan fingerprint density at radius 3 is 2.52 bits per heavy atom. The molecule has 0 aliphatic carbocycles. The van der Waals surface area contributed by atoms with Crippen LogP contribution < -0.4 is 28.4 Å². The molecule has 0 spiro atoms. The Bertz CT molecular complexity index is 875. The van der Waals surface area contributed by atoms with Gasteiger partial charge >= 0.3 is 0 Å². The zero-order valence-corrected chi connectivity index (χ0v) is 15.6. The van der Waals surface area contributed by atoms with E-state index >= 15 is 0 Å². The Balaban J connectivity index is 1.73. The van der Waals surface area contributed by atoms with Gasteiger partial charge in [-0.3, -0.25) is 0 Å². The van der Waals surface area contributed by atoms with Gasteiger partial charge in [0.15, 0.2) is 29.1 Å². The topological polar surface area (TPSA) is 55.4 Å². The summed E-state index contributed by atoms with van der Waals surface area (Å²) in [6.45, 7) is 5.94. The van der Waals surface area contributed by atoms with Crippen molar-refractivity contribution in [2.45, 2.75) is 25.6 Å². The average molecular weight is 370 g/mol. The second-order valence-corrected chi connectivity index (χ2v) is 6.44. The van der Waals surface area contributed by atoms with Gasteiger partial charge in [-0.1, -0.05) is 6.08 Å². The highest BCUT2D eigenvalue weighted by Gasteiger charge is 2.34. The first-order chi connectivity index (χ1) is 13.1. The van der Waals surface area contributed by atoms with Crippen LogP contribution in [0, 0.1) is 0 Å². The van der Waals surface area contributed by atoms with Crippen LogP contribution in [-0.4, -0.2) is 27.1 Å². The fourth-order valence-corrected chi connectivity index (χ4v) is 3.40. The van der Waals surface area contributed by atoms with Gasteiger partial charge in [-0.2, -0.15) is 0 Å². The molecule has 0 saturated heterocycles. The summed E-state index contributed by atoms with van der Waals surface area (Å²) in [6.07, 6.45) is 1.99. The summed E-state index contributed by atoms with van der Waals surface area (Å²) in [4.78, 5) is 0. The largest absolute Gasteiger partial charge is 0.493 e. The lowest BCUT2D eigenvalue weighted by Crippen LogP contribution is -2.31. The Kier molecular flexibility index (Phi) is 4.48. The van der Waals surface area contributed by atoms with E-state index in [-0.39, 0.29) is 19.0 Å². The molecule has 6 heteroatoms. The summed E-state index contributed by atoms with van der Waals surface area (Å²) in [5.41, 5.74) is 1.93. The quantitative estimate of drug-likeness (QED) is 0.740. The SMILES string of the molecule is C=CCc1cc(OC)c2c(c1)O[C@@H](c1cc(OC)c3c(c1)OCO3)[C@H](C)O2. The first kappa shape index (κ1) is 17.4. The summed E-state index contributed by atoms with van der Waals surface area (Å²) < 4.78 is 34.4. The highest BCUT2D eigenvalue weighted by Crippen LogP contribution is 2.49. The number of fused-ring (bicyclic) bond motifs is 2. The maximum atomic E-state index is 6.33. The molecule has 0 saturated carbocycles. The number of hydrogen-bond donors (Lipinski definition) is 0. The van der Waals surface area contributed by atoms with Crippen LogP contribution in [-0.2, 0) is 6.42 Å². The molecule has 0 N–H and O–H groups in total. The van der Waals surface area contributed by atoms with Crippen molar-refractivity contribution in [1.29, 1.82) is 0 Å². The van der Waals surface area contributed by atoms with Crippen molar-refractivity contribution in [3.8, 4) is 34.5 Å². The molecule has 2 aromatic carbocycles. The molecular weight excluding hydrogens is 348 g/mol. The van der Waals surface area contributed by atoms with Crippen molar-refractivity contribution < 1.29 is 28.4 Å². The second-order valence-electron chi connectivity index (χ2n) is 6.44. The van der Waals surface area contributed by atoms with Gasteiger partial charge in [-0.25, -0.2) is 0 Å². The van der Waals surface area contributed by atoms with E-state index in [1.54, 1.807) is 14.2 Å². The molecule has 2 heterocycles. The Labute approximate surface area is 158 Å². The molecule has 0 amide bonds. The number of allylic oxidation sites excluding steroid dienone is 1. The fraction of sp³-hybridized carbons (Fsp3) is 0.333. The predicted octanol–water partition coefficient (Wildman–Crippen LogP) is 4.06. The van der Waals surface area contributed by atoms with Crippen LogP contribution in [0.4, 0.5) is 0 Å². The monoisotopic (exact) mass is 370 g/mol. The summed E-state index contributed by atoms with van der Waals surface area (Å²) in [6, 6.07) is 7.71. The van der Waals surface area contributed by atoms with Crippen LogP contribution in [0.1, 0.15) is 24.2 Å². The van der Waals surface area contributed by atoms with Gasteiger partial charge < -0.3 is 28.4 Å². The average Bonchev–Trinajstić information content (AvgIpc) is 3.15. The van der Waals surface area contributed by atoms with E-state index in [0.717, 1.165) is 11.1 Å². The van der Waals surface area contributed by atoms with Crippen LogP contribution in [0.2, 0.25) is 0 Å². The summed E-state index contributed by atoms with van der Waals surface area (Å²) in [5.74, 6) is 3.77. The molecule has 4 rings (SSSR count). The summed E-state index contributed by atoms with van der Waals surface area (Å²) >= 11 is 0. The van der Waals surface area contributed by atoms with Crippen LogP contribution in [0.5, 0.6) is 34.5 Å². The van der Waals surface area contributed by atoms with Gasteiger partial charge in [0.05, 0.1) is 14.2 Å². The zero-order valence-electron chi connectivity index (χ0n) is 15.6. The van der Waals surface area contributed by atoms with Gasteiger partial charge in [0, 0.05) is 5.56 Å². The van der Waals surface area contributed by atoms with E-state index in [9.17, 15) is 0 Å². The minimum absolute atomic E-state index is 0.178. The molecule has 6 nitrogen and oxygen atoms in total. The number of rotatable bonds is 5. The molecule has 0 aromatic heterocycles. The van der Waals surface area contributed by atoms with Crippen molar-refractivity contribution in [3.63, 3.8) is 0 Å². The van der Waals surface area contributed by atoms with Crippen molar-refractivity contribution in [1.82, 2.24) is 0 Å². The highest BCUT2D eigenvalue weighted by molar-refractivity contribution is 5.58. The summed E-state index contributed by atoms with van der Waals surface area (Å²) in [5, 5.41) is 0. The lowest BCUT2D eigenvalue weighted by Gasteiger charge is -2.33. The first-order valence-electron chi connectivity index (χ1n) is 8.77. The van der Waals surface area contributed by atoms with Crippen molar-refractivity contribution in [2.24, 2.45) is 0 Å². The van der Waals surface area contributed by atoms with E-state index in [2.05, 4.69) is 6.58 Å².